The summed E-state index contributed by atoms with van der Waals surface area (Å²) in [7, 11) is 0. The van der Waals surface area contributed by atoms with Gasteiger partial charge in [-0.1, -0.05) is 96.7 Å². The van der Waals surface area contributed by atoms with E-state index in [0.717, 1.165) is 33.4 Å². The molecule has 0 amide bonds. The van der Waals surface area contributed by atoms with Gasteiger partial charge in [0.05, 0.1) is 0 Å². The van der Waals surface area contributed by atoms with Gasteiger partial charge in [-0.25, -0.2) is 0 Å². The Labute approximate surface area is 166 Å². The van der Waals surface area contributed by atoms with Gasteiger partial charge in [0.15, 0.2) is 0 Å². The van der Waals surface area contributed by atoms with Crippen LogP contribution in [0, 0.1) is 0 Å². The first-order valence-corrected chi connectivity index (χ1v) is 8.34. The third-order valence-electron chi connectivity index (χ3n) is 4.37. The number of rotatable bonds is 3. The van der Waals surface area contributed by atoms with Crippen LogP contribution >= 0.6 is 0 Å². The molecule has 2 heteroatoms. The van der Waals surface area contributed by atoms with Gasteiger partial charge in [-0.15, -0.1) is 0 Å². The molecular weight excluding hydrogens is 311 g/mol. The summed E-state index contributed by atoms with van der Waals surface area (Å²) in [4.78, 5) is 0. The predicted molar refractivity (Wildman–Crippen MR) is 102 cm³/mol. The molecule has 0 aliphatic heterocycles. The van der Waals surface area contributed by atoms with Gasteiger partial charge in [0, 0.05) is 0 Å². The van der Waals surface area contributed by atoms with Gasteiger partial charge in [0.25, 0.3) is 0 Å². The Morgan fingerprint density at radius 2 is 0.769 bits per heavy atom. The molecule has 0 atom stereocenters. The van der Waals surface area contributed by atoms with Crippen LogP contribution in [0.3, 0.4) is 0 Å². The van der Waals surface area contributed by atoms with Crippen molar-refractivity contribution in [3.63, 3.8) is 0 Å². The zero-order chi connectivity index (χ0) is 17.1. The Kier molecular flexibility index (Phi) is 5.64. The first-order chi connectivity index (χ1) is 12.3. The fraction of sp³-hybridized carbons (Fsp3) is 0. The Hall–Kier alpha value is -2.72. The topological polar surface area (TPSA) is 23.1 Å². The molecule has 26 heavy (non-hydrogen) atoms. The van der Waals surface area contributed by atoms with E-state index in [9.17, 15) is 5.11 Å². The quantitative estimate of drug-likeness (QED) is 0.530. The van der Waals surface area contributed by atoms with Crippen molar-refractivity contribution in [2.45, 2.75) is 0 Å². The average molecular weight is 328 g/mol. The van der Waals surface area contributed by atoms with Crippen LogP contribution in [0.5, 0.6) is 5.75 Å². The summed E-state index contributed by atoms with van der Waals surface area (Å²) in [5.41, 5.74) is 5.53. The summed E-state index contributed by atoms with van der Waals surface area (Å²) in [5, 5.41) is 13.2. The van der Waals surface area contributed by atoms with E-state index in [4.69, 9.17) is 0 Å². The van der Waals surface area contributed by atoms with Crippen molar-refractivity contribution < 1.29 is 24.0 Å². The molecule has 4 rings (SSSR count). The van der Waals surface area contributed by atoms with Crippen LogP contribution in [-0.2, 0) is 0 Å². The molecule has 0 unspecified atom stereocenters. The van der Waals surface area contributed by atoms with E-state index in [-0.39, 0.29) is 24.6 Å². The fourth-order valence-electron chi connectivity index (χ4n) is 3.09. The third kappa shape index (κ3) is 3.60. The number of hydrogen-bond donors (Lipinski definition) is 0. The van der Waals surface area contributed by atoms with E-state index >= 15 is 0 Å². The molecule has 0 aliphatic carbocycles. The van der Waals surface area contributed by atoms with Crippen molar-refractivity contribution in [1.29, 1.82) is 0 Å². The van der Waals surface area contributed by atoms with Gasteiger partial charge in [-0.05, 0) is 45.5 Å². The second kappa shape index (κ2) is 8.10. The maximum Gasteiger partial charge on any atom is 1.00 e. The SMILES string of the molecule is [Li+].[O-]c1c(-c2ccccc2)cc(-c2ccccc2)cc1-c1ccccc1. The summed E-state index contributed by atoms with van der Waals surface area (Å²) in [6.45, 7) is 0. The van der Waals surface area contributed by atoms with Crippen LogP contribution in [0.1, 0.15) is 0 Å². The molecule has 0 saturated heterocycles. The van der Waals surface area contributed by atoms with Gasteiger partial charge in [0.2, 0.25) is 0 Å². The Morgan fingerprint density at radius 3 is 1.15 bits per heavy atom. The van der Waals surface area contributed by atoms with E-state index in [1.165, 1.54) is 0 Å². The fourth-order valence-corrected chi connectivity index (χ4v) is 3.09. The van der Waals surface area contributed by atoms with Crippen molar-refractivity contribution in [2.75, 3.05) is 0 Å². The standard InChI is InChI=1S/C24H18O.Li/c25-24-22(19-12-6-2-7-13-19)16-21(18-10-4-1-5-11-18)17-23(24)20-14-8-3-9-15-20;/h1-17,25H;/q;+1/p-1. The maximum absolute atomic E-state index is 13.2. The summed E-state index contributed by atoms with van der Waals surface area (Å²) >= 11 is 0. The van der Waals surface area contributed by atoms with Gasteiger partial charge >= 0.3 is 18.9 Å². The van der Waals surface area contributed by atoms with Crippen molar-refractivity contribution >= 4 is 0 Å². The molecule has 1 nitrogen and oxygen atoms in total. The second-order valence-corrected chi connectivity index (χ2v) is 6.00. The number of hydrogen-bond acceptors (Lipinski definition) is 1. The smallest absolute Gasteiger partial charge is 0.872 e. The minimum absolute atomic E-state index is 0. The molecule has 0 radical (unpaired) electrons. The van der Waals surface area contributed by atoms with Crippen molar-refractivity contribution in [3.05, 3.63) is 103 Å². The van der Waals surface area contributed by atoms with Crippen LogP contribution in [0.25, 0.3) is 33.4 Å². The normalized spacial score (nSPS) is 10.2. The maximum atomic E-state index is 13.2. The molecular formula is C24H17LiO. The van der Waals surface area contributed by atoms with Gasteiger partial charge < -0.3 is 5.11 Å². The average Bonchev–Trinajstić information content (AvgIpc) is 2.70. The third-order valence-corrected chi connectivity index (χ3v) is 4.37. The van der Waals surface area contributed by atoms with E-state index < -0.39 is 0 Å². The van der Waals surface area contributed by atoms with Crippen molar-refractivity contribution in [1.82, 2.24) is 0 Å². The molecule has 0 spiro atoms. The summed E-state index contributed by atoms with van der Waals surface area (Å²) in [6.07, 6.45) is 0. The first kappa shape index (κ1) is 18.1. The molecule has 120 valence electrons. The molecule has 4 aromatic rings. The molecule has 0 fully saturated rings. The van der Waals surface area contributed by atoms with E-state index in [2.05, 4.69) is 12.1 Å². The molecule has 4 aromatic carbocycles. The zero-order valence-electron chi connectivity index (χ0n) is 14.7. The van der Waals surface area contributed by atoms with Crippen LogP contribution in [0.4, 0.5) is 0 Å². The summed E-state index contributed by atoms with van der Waals surface area (Å²) in [6, 6.07) is 33.9. The largest absolute Gasteiger partial charge is 1.00 e. The predicted octanol–water partition coefficient (Wildman–Crippen LogP) is 2.77. The first-order valence-electron chi connectivity index (χ1n) is 8.34. The van der Waals surface area contributed by atoms with Gasteiger partial charge in [-0.2, -0.15) is 0 Å². The van der Waals surface area contributed by atoms with Crippen molar-refractivity contribution in [3.8, 4) is 39.1 Å². The molecule has 0 aliphatic rings. The Balaban J connectivity index is 0.00000196. The van der Waals surface area contributed by atoms with Gasteiger partial charge in [-0.3, -0.25) is 0 Å². The van der Waals surface area contributed by atoms with Crippen LogP contribution in [0.2, 0.25) is 0 Å². The summed E-state index contributed by atoms with van der Waals surface area (Å²) < 4.78 is 0. The molecule has 0 N–H and O–H groups in total. The van der Waals surface area contributed by atoms with E-state index in [1.54, 1.807) is 0 Å². The van der Waals surface area contributed by atoms with Crippen molar-refractivity contribution in [2.24, 2.45) is 0 Å². The van der Waals surface area contributed by atoms with Crippen LogP contribution in [0.15, 0.2) is 103 Å². The van der Waals surface area contributed by atoms with Crippen LogP contribution < -0.4 is 24.0 Å². The Bertz CT molecular complexity index is 920. The minimum atomic E-state index is 0. The van der Waals surface area contributed by atoms with Gasteiger partial charge in [0.1, 0.15) is 0 Å². The monoisotopic (exact) mass is 328 g/mol. The summed E-state index contributed by atoms with van der Waals surface area (Å²) in [5.74, 6) is 0.0667. The Morgan fingerprint density at radius 1 is 0.423 bits per heavy atom. The molecule has 0 bridgehead atoms. The van der Waals surface area contributed by atoms with Crippen LogP contribution in [-0.4, -0.2) is 0 Å². The van der Waals surface area contributed by atoms with E-state index in [1.807, 2.05) is 91.0 Å². The minimum Gasteiger partial charge on any atom is -0.872 e. The molecule has 0 saturated carbocycles. The molecule has 0 heterocycles. The molecule has 0 aromatic heterocycles. The second-order valence-electron chi connectivity index (χ2n) is 6.00. The zero-order valence-corrected chi connectivity index (χ0v) is 14.7. The number of benzene rings is 4. The van der Waals surface area contributed by atoms with E-state index in [0.29, 0.717) is 0 Å².